The van der Waals surface area contributed by atoms with Gasteiger partial charge < -0.3 is 5.32 Å². The maximum absolute atomic E-state index is 4.51. The Morgan fingerprint density at radius 3 is 3.10 bits per heavy atom. The molecule has 106 valence electrons. The summed E-state index contributed by atoms with van der Waals surface area (Å²) in [7, 11) is 0. The summed E-state index contributed by atoms with van der Waals surface area (Å²) in [6.07, 6.45) is 4.48. The minimum absolute atomic E-state index is 0.643. The molecule has 1 unspecified atom stereocenters. The van der Waals surface area contributed by atoms with Gasteiger partial charge in [0, 0.05) is 34.0 Å². The number of benzene rings is 1. The van der Waals surface area contributed by atoms with E-state index in [1.54, 1.807) is 0 Å². The Hall–Kier alpha value is -1.13. The minimum atomic E-state index is 0.643. The molecule has 1 aromatic heterocycles. The zero-order valence-electron chi connectivity index (χ0n) is 11.8. The van der Waals surface area contributed by atoms with Gasteiger partial charge in [-0.2, -0.15) is 0 Å². The lowest BCUT2D eigenvalue weighted by molar-refractivity contribution is 0.277. The predicted molar refractivity (Wildman–Crippen MR) is 88.2 cm³/mol. The number of hydrogen-bond donors (Lipinski definition) is 1. The summed E-state index contributed by atoms with van der Waals surface area (Å²) in [5.74, 6) is 0.992. The van der Waals surface area contributed by atoms with Gasteiger partial charge in [-0.1, -0.05) is 35.0 Å². The fourth-order valence-electron chi connectivity index (χ4n) is 3.07. The summed E-state index contributed by atoms with van der Waals surface area (Å²) in [6.45, 7) is 5.59. The van der Waals surface area contributed by atoms with E-state index in [1.165, 1.54) is 30.2 Å². The maximum atomic E-state index is 4.51. The summed E-state index contributed by atoms with van der Waals surface area (Å²) in [5, 5.41) is 5.94. The molecule has 3 rings (SSSR count). The van der Waals surface area contributed by atoms with Crippen molar-refractivity contribution in [1.29, 1.82) is 0 Å². The molecule has 2 aromatic rings. The zero-order valence-corrected chi connectivity index (χ0v) is 13.4. The van der Waals surface area contributed by atoms with E-state index in [-0.39, 0.29) is 0 Å². The van der Waals surface area contributed by atoms with E-state index in [4.69, 9.17) is 0 Å². The van der Waals surface area contributed by atoms with Crippen molar-refractivity contribution in [2.45, 2.75) is 25.8 Å². The molecule has 0 amide bonds. The molecule has 0 spiro atoms. The minimum Gasteiger partial charge on any atom is -0.368 e. The Kier molecular flexibility index (Phi) is 4.22. The molecular formula is C16H20BrN3. The summed E-state index contributed by atoms with van der Waals surface area (Å²) < 4.78 is 1.12. The molecule has 0 bridgehead atoms. The number of nitrogens with one attached hydrogen (secondary N) is 1. The molecule has 1 aliphatic rings. The van der Waals surface area contributed by atoms with Crippen molar-refractivity contribution >= 4 is 32.5 Å². The van der Waals surface area contributed by atoms with Crippen LogP contribution in [0.3, 0.4) is 0 Å². The fourth-order valence-corrected chi connectivity index (χ4v) is 3.57. The van der Waals surface area contributed by atoms with Crippen molar-refractivity contribution in [3.63, 3.8) is 0 Å². The summed E-state index contributed by atoms with van der Waals surface area (Å²) >= 11 is 3.61. The second-order valence-electron chi connectivity index (χ2n) is 5.30. The highest BCUT2D eigenvalue weighted by Crippen LogP contribution is 2.28. The van der Waals surface area contributed by atoms with Gasteiger partial charge in [-0.05, 0) is 38.1 Å². The summed E-state index contributed by atoms with van der Waals surface area (Å²) in [6, 6.07) is 8.96. The van der Waals surface area contributed by atoms with Crippen molar-refractivity contribution in [2.75, 3.05) is 25.0 Å². The highest BCUT2D eigenvalue weighted by atomic mass is 79.9. The first-order chi connectivity index (χ1) is 9.79. The van der Waals surface area contributed by atoms with E-state index in [2.05, 4.69) is 62.3 Å². The number of pyridine rings is 1. The Morgan fingerprint density at radius 1 is 1.35 bits per heavy atom. The first-order valence-electron chi connectivity index (χ1n) is 7.30. The maximum Gasteiger partial charge on any atom is 0.133 e. The monoisotopic (exact) mass is 333 g/mol. The molecule has 2 heterocycles. The first kappa shape index (κ1) is 13.8. The lowest BCUT2D eigenvalue weighted by Gasteiger charge is -2.23. The molecule has 0 saturated carbocycles. The Balaban J connectivity index is 1.79. The van der Waals surface area contributed by atoms with Gasteiger partial charge in [0.1, 0.15) is 5.82 Å². The molecule has 1 aliphatic heterocycles. The van der Waals surface area contributed by atoms with Crippen LogP contribution in [-0.4, -0.2) is 35.6 Å². The molecule has 1 atom stereocenters. The number of hydrogen-bond acceptors (Lipinski definition) is 3. The number of halogens is 1. The molecular weight excluding hydrogens is 314 g/mol. The normalized spacial score (nSPS) is 19.6. The number of rotatable bonds is 4. The number of nitrogens with zero attached hydrogens (tertiary/aromatic N) is 2. The van der Waals surface area contributed by atoms with Gasteiger partial charge in [0.15, 0.2) is 0 Å². The Morgan fingerprint density at radius 2 is 2.25 bits per heavy atom. The smallest absolute Gasteiger partial charge is 0.133 e. The SMILES string of the molecule is CCN1CCCC1CNc1nccc2c(Br)cccc12. The highest BCUT2D eigenvalue weighted by molar-refractivity contribution is 9.10. The second-order valence-corrected chi connectivity index (χ2v) is 6.15. The molecule has 1 saturated heterocycles. The van der Waals surface area contributed by atoms with Gasteiger partial charge >= 0.3 is 0 Å². The predicted octanol–water partition coefficient (Wildman–Crippen LogP) is 3.89. The molecule has 4 heteroatoms. The van der Waals surface area contributed by atoms with Crippen LogP contribution in [0.25, 0.3) is 10.8 Å². The zero-order chi connectivity index (χ0) is 13.9. The highest BCUT2D eigenvalue weighted by Gasteiger charge is 2.22. The van der Waals surface area contributed by atoms with Crippen molar-refractivity contribution in [2.24, 2.45) is 0 Å². The topological polar surface area (TPSA) is 28.2 Å². The number of likely N-dealkylation sites (N-methyl/N-ethyl adjacent to an activating group) is 1. The summed E-state index contributed by atoms with van der Waals surface area (Å²) in [4.78, 5) is 7.06. The first-order valence-corrected chi connectivity index (χ1v) is 8.10. The van der Waals surface area contributed by atoms with Crippen LogP contribution in [0.1, 0.15) is 19.8 Å². The van der Waals surface area contributed by atoms with E-state index < -0.39 is 0 Å². The quantitative estimate of drug-likeness (QED) is 0.919. The van der Waals surface area contributed by atoms with E-state index >= 15 is 0 Å². The van der Waals surface area contributed by atoms with Crippen molar-refractivity contribution in [3.05, 3.63) is 34.9 Å². The van der Waals surface area contributed by atoms with Gasteiger partial charge in [0.2, 0.25) is 0 Å². The number of anilines is 1. The van der Waals surface area contributed by atoms with E-state index in [9.17, 15) is 0 Å². The van der Waals surface area contributed by atoms with Gasteiger partial charge in [-0.25, -0.2) is 4.98 Å². The number of aromatic nitrogens is 1. The van der Waals surface area contributed by atoms with E-state index in [0.29, 0.717) is 6.04 Å². The average molecular weight is 334 g/mol. The third-order valence-electron chi connectivity index (χ3n) is 4.16. The molecule has 1 N–H and O–H groups in total. The largest absolute Gasteiger partial charge is 0.368 e. The van der Waals surface area contributed by atoms with Crippen molar-refractivity contribution < 1.29 is 0 Å². The van der Waals surface area contributed by atoms with Crippen LogP contribution in [-0.2, 0) is 0 Å². The second kappa shape index (κ2) is 6.10. The molecule has 0 radical (unpaired) electrons. The van der Waals surface area contributed by atoms with Crippen LogP contribution >= 0.6 is 15.9 Å². The molecule has 1 fully saturated rings. The molecule has 20 heavy (non-hydrogen) atoms. The van der Waals surface area contributed by atoms with Crippen LogP contribution < -0.4 is 5.32 Å². The lowest BCUT2D eigenvalue weighted by atomic mass is 10.1. The van der Waals surface area contributed by atoms with Crippen LogP contribution in [0.4, 0.5) is 5.82 Å². The molecule has 0 aliphatic carbocycles. The van der Waals surface area contributed by atoms with Gasteiger partial charge in [0.25, 0.3) is 0 Å². The Bertz CT molecular complexity index is 599. The van der Waals surface area contributed by atoms with E-state index in [0.717, 1.165) is 23.4 Å². The number of likely N-dealkylation sites (tertiary alicyclic amines) is 1. The fraction of sp³-hybridized carbons (Fsp3) is 0.438. The average Bonchev–Trinajstić information content (AvgIpc) is 2.93. The Labute approximate surface area is 128 Å². The third kappa shape index (κ3) is 2.67. The summed E-state index contributed by atoms with van der Waals surface area (Å²) in [5.41, 5.74) is 0. The van der Waals surface area contributed by atoms with E-state index in [1.807, 2.05) is 6.20 Å². The van der Waals surface area contributed by atoms with Crippen LogP contribution in [0.2, 0.25) is 0 Å². The standard InChI is InChI=1S/C16H20BrN3/c1-2-20-10-4-5-12(20)11-19-16-14-6-3-7-15(17)13(14)8-9-18-16/h3,6-9,12H,2,4-5,10-11H2,1H3,(H,18,19). The third-order valence-corrected chi connectivity index (χ3v) is 4.85. The van der Waals surface area contributed by atoms with Crippen LogP contribution in [0.5, 0.6) is 0 Å². The molecule has 1 aromatic carbocycles. The van der Waals surface area contributed by atoms with Crippen molar-refractivity contribution in [3.8, 4) is 0 Å². The molecule has 3 nitrogen and oxygen atoms in total. The van der Waals surface area contributed by atoms with Gasteiger partial charge in [0.05, 0.1) is 0 Å². The van der Waals surface area contributed by atoms with Crippen LogP contribution in [0, 0.1) is 0 Å². The van der Waals surface area contributed by atoms with Crippen molar-refractivity contribution in [1.82, 2.24) is 9.88 Å². The number of fused-ring (bicyclic) bond motifs is 1. The lowest BCUT2D eigenvalue weighted by Crippen LogP contribution is -2.34. The van der Waals surface area contributed by atoms with Crippen LogP contribution in [0.15, 0.2) is 34.9 Å². The van der Waals surface area contributed by atoms with Gasteiger partial charge in [-0.3, -0.25) is 4.90 Å². The van der Waals surface area contributed by atoms with Gasteiger partial charge in [-0.15, -0.1) is 0 Å².